The smallest absolute Gasteiger partial charge is 0.176 e. The van der Waals surface area contributed by atoms with Crippen LogP contribution in [0.5, 0.6) is 0 Å². The van der Waals surface area contributed by atoms with Crippen LogP contribution in [0.1, 0.15) is 16.8 Å². The fourth-order valence-corrected chi connectivity index (χ4v) is 1.32. The van der Waals surface area contributed by atoms with E-state index in [4.69, 9.17) is 5.26 Å². The summed E-state index contributed by atoms with van der Waals surface area (Å²) < 4.78 is 12.9. The van der Waals surface area contributed by atoms with E-state index in [-0.39, 0.29) is 12.3 Å². The maximum atomic E-state index is 12.9. The highest BCUT2D eigenvalue weighted by Gasteiger charge is 2.09. The first-order valence-corrected chi connectivity index (χ1v) is 4.97. The number of nitriles is 1. The van der Waals surface area contributed by atoms with Gasteiger partial charge in [-0.3, -0.25) is 9.69 Å². The second-order valence-corrected chi connectivity index (χ2v) is 3.58. The lowest BCUT2D eigenvalue weighted by Gasteiger charge is -2.13. The van der Waals surface area contributed by atoms with Crippen LogP contribution >= 0.6 is 0 Å². The second kappa shape index (κ2) is 5.99. The molecule has 0 atom stereocenters. The standard InChI is InChI=1S/C12H13FN2O/c1-15(7-3-6-14)9-12(16)10-4-2-5-11(13)8-10/h2,4-5,8H,3,7,9H2,1H3. The highest BCUT2D eigenvalue weighted by atomic mass is 19.1. The van der Waals surface area contributed by atoms with Crippen LogP contribution in [0.25, 0.3) is 0 Å². The molecule has 0 aliphatic rings. The number of ketones is 1. The summed E-state index contributed by atoms with van der Waals surface area (Å²) in [5.41, 5.74) is 0.365. The van der Waals surface area contributed by atoms with Crippen LogP contribution in [0.4, 0.5) is 4.39 Å². The molecule has 4 heteroatoms. The molecular weight excluding hydrogens is 207 g/mol. The van der Waals surface area contributed by atoms with Crippen molar-refractivity contribution in [1.82, 2.24) is 4.90 Å². The first-order chi connectivity index (χ1) is 7.63. The SMILES string of the molecule is CN(CCC#N)CC(=O)c1cccc(F)c1. The monoisotopic (exact) mass is 220 g/mol. The van der Waals surface area contributed by atoms with Crippen LogP contribution in [-0.2, 0) is 0 Å². The number of rotatable bonds is 5. The van der Waals surface area contributed by atoms with Crippen molar-refractivity contribution in [1.29, 1.82) is 5.26 Å². The Bertz CT molecular complexity index is 412. The van der Waals surface area contributed by atoms with E-state index in [1.807, 2.05) is 6.07 Å². The van der Waals surface area contributed by atoms with Gasteiger partial charge >= 0.3 is 0 Å². The third-order valence-corrected chi connectivity index (χ3v) is 2.17. The zero-order valence-corrected chi connectivity index (χ0v) is 9.11. The first kappa shape index (κ1) is 12.3. The zero-order valence-electron chi connectivity index (χ0n) is 9.11. The number of halogens is 1. The normalized spacial score (nSPS) is 10.1. The number of hydrogen-bond donors (Lipinski definition) is 0. The van der Waals surface area contributed by atoms with Gasteiger partial charge in [0.25, 0.3) is 0 Å². The van der Waals surface area contributed by atoms with Gasteiger partial charge in [0.2, 0.25) is 0 Å². The van der Waals surface area contributed by atoms with Gasteiger partial charge in [-0.2, -0.15) is 5.26 Å². The summed E-state index contributed by atoms with van der Waals surface area (Å²) in [6.07, 6.45) is 0.382. The fraction of sp³-hybridized carbons (Fsp3) is 0.333. The molecule has 0 N–H and O–H groups in total. The molecular formula is C12H13FN2O. The second-order valence-electron chi connectivity index (χ2n) is 3.58. The number of Topliss-reactive ketones (excluding diaryl/α,β-unsaturated/α-hetero) is 1. The van der Waals surface area contributed by atoms with E-state index in [0.717, 1.165) is 0 Å². The van der Waals surface area contributed by atoms with Crippen LogP contribution in [0.2, 0.25) is 0 Å². The van der Waals surface area contributed by atoms with Crippen LogP contribution in [0.15, 0.2) is 24.3 Å². The minimum Gasteiger partial charge on any atom is -0.298 e. The van der Waals surface area contributed by atoms with E-state index in [1.165, 1.54) is 18.2 Å². The lowest BCUT2D eigenvalue weighted by Crippen LogP contribution is -2.26. The molecule has 0 saturated carbocycles. The maximum Gasteiger partial charge on any atom is 0.176 e. The number of carbonyl (C=O) groups is 1. The summed E-state index contributed by atoms with van der Waals surface area (Å²) in [7, 11) is 1.76. The van der Waals surface area contributed by atoms with Crippen LogP contribution < -0.4 is 0 Å². The summed E-state index contributed by atoms with van der Waals surface area (Å²) in [5.74, 6) is -0.550. The van der Waals surface area contributed by atoms with Crippen molar-refractivity contribution in [3.05, 3.63) is 35.6 Å². The van der Waals surface area contributed by atoms with Gasteiger partial charge < -0.3 is 0 Å². The molecule has 0 aromatic heterocycles. The molecule has 0 aliphatic carbocycles. The largest absolute Gasteiger partial charge is 0.298 e. The first-order valence-electron chi connectivity index (χ1n) is 4.97. The molecule has 0 unspecified atom stereocenters. The molecule has 0 bridgehead atoms. The van der Waals surface area contributed by atoms with Gasteiger partial charge in [-0.15, -0.1) is 0 Å². The van der Waals surface area contributed by atoms with Crippen molar-refractivity contribution >= 4 is 5.78 Å². The summed E-state index contributed by atoms with van der Waals surface area (Å²) in [4.78, 5) is 13.4. The van der Waals surface area contributed by atoms with Crippen molar-refractivity contribution in [2.45, 2.75) is 6.42 Å². The van der Waals surface area contributed by atoms with Crippen molar-refractivity contribution < 1.29 is 9.18 Å². The average Bonchev–Trinajstić information content (AvgIpc) is 2.26. The molecule has 84 valence electrons. The Morgan fingerprint density at radius 1 is 1.56 bits per heavy atom. The van der Waals surface area contributed by atoms with E-state index in [2.05, 4.69) is 0 Å². The molecule has 0 spiro atoms. The van der Waals surface area contributed by atoms with Crippen molar-refractivity contribution in [3.63, 3.8) is 0 Å². The van der Waals surface area contributed by atoms with E-state index in [1.54, 1.807) is 18.0 Å². The van der Waals surface area contributed by atoms with Gasteiger partial charge in [-0.05, 0) is 19.2 Å². The lowest BCUT2D eigenvalue weighted by atomic mass is 10.1. The van der Waals surface area contributed by atoms with Crippen LogP contribution in [0, 0.1) is 17.1 Å². The number of nitrogens with zero attached hydrogens (tertiary/aromatic N) is 2. The highest BCUT2D eigenvalue weighted by molar-refractivity contribution is 5.97. The van der Waals surface area contributed by atoms with Crippen LogP contribution in [0.3, 0.4) is 0 Å². The van der Waals surface area contributed by atoms with E-state index in [0.29, 0.717) is 18.5 Å². The van der Waals surface area contributed by atoms with E-state index >= 15 is 0 Å². The Morgan fingerprint density at radius 2 is 2.31 bits per heavy atom. The maximum absolute atomic E-state index is 12.9. The Labute approximate surface area is 94.1 Å². The van der Waals surface area contributed by atoms with Crippen molar-refractivity contribution in [2.24, 2.45) is 0 Å². The van der Waals surface area contributed by atoms with Gasteiger partial charge in [0.15, 0.2) is 5.78 Å². The molecule has 0 fully saturated rings. The molecule has 16 heavy (non-hydrogen) atoms. The molecule has 1 rings (SSSR count). The van der Waals surface area contributed by atoms with E-state index < -0.39 is 5.82 Å². The lowest BCUT2D eigenvalue weighted by molar-refractivity contribution is 0.0947. The van der Waals surface area contributed by atoms with Gasteiger partial charge in [0, 0.05) is 18.5 Å². The number of hydrogen-bond acceptors (Lipinski definition) is 3. The zero-order chi connectivity index (χ0) is 12.0. The molecule has 3 nitrogen and oxygen atoms in total. The van der Waals surface area contributed by atoms with Gasteiger partial charge in [0.1, 0.15) is 5.82 Å². The Balaban J connectivity index is 2.56. The van der Waals surface area contributed by atoms with Crippen molar-refractivity contribution in [2.75, 3.05) is 20.1 Å². The van der Waals surface area contributed by atoms with E-state index in [9.17, 15) is 9.18 Å². The third kappa shape index (κ3) is 3.79. The average molecular weight is 220 g/mol. The number of carbonyl (C=O) groups excluding carboxylic acids is 1. The molecule has 1 aromatic rings. The quantitative estimate of drug-likeness (QED) is 0.711. The fourth-order valence-electron chi connectivity index (χ4n) is 1.32. The Kier molecular flexibility index (Phi) is 4.62. The molecule has 0 amide bonds. The van der Waals surface area contributed by atoms with Gasteiger partial charge in [-0.1, -0.05) is 12.1 Å². The van der Waals surface area contributed by atoms with Gasteiger partial charge in [-0.25, -0.2) is 4.39 Å². The molecule has 1 aromatic carbocycles. The summed E-state index contributed by atoms with van der Waals surface area (Å²) >= 11 is 0. The highest BCUT2D eigenvalue weighted by Crippen LogP contribution is 2.05. The number of likely N-dealkylation sites (N-methyl/N-ethyl adjacent to an activating group) is 1. The summed E-state index contributed by atoms with van der Waals surface area (Å²) in [5, 5.41) is 8.39. The molecule has 0 aliphatic heterocycles. The third-order valence-electron chi connectivity index (χ3n) is 2.17. The Morgan fingerprint density at radius 3 is 2.94 bits per heavy atom. The molecule has 0 heterocycles. The Hall–Kier alpha value is -1.73. The minimum absolute atomic E-state index is 0.139. The predicted molar refractivity (Wildman–Crippen MR) is 58.5 cm³/mol. The van der Waals surface area contributed by atoms with Gasteiger partial charge in [0.05, 0.1) is 12.6 Å². The van der Waals surface area contributed by atoms with Crippen LogP contribution in [-0.4, -0.2) is 30.8 Å². The minimum atomic E-state index is -0.412. The molecule has 0 radical (unpaired) electrons. The molecule has 0 saturated heterocycles. The summed E-state index contributed by atoms with van der Waals surface area (Å²) in [6, 6.07) is 7.63. The predicted octanol–water partition coefficient (Wildman–Crippen LogP) is 1.85. The van der Waals surface area contributed by atoms with Crippen molar-refractivity contribution in [3.8, 4) is 6.07 Å². The number of benzene rings is 1. The topological polar surface area (TPSA) is 44.1 Å². The summed E-state index contributed by atoms with van der Waals surface area (Å²) in [6.45, 7) is 0.739.